The fourth-order valence-corrected chi connectivity index (χ4v) is 4.14. The first-order valence-electron chi connectivity index (χ1n) is 11.5. The van der Waals surface area contributed by atoms with Crippen molar-refractivity contribution >= 4 is 45.1 Å². The monoisotopic (exact) mass is 511 g/mol. The number of halogens is 4. The Balaban J connectivity index is 0.000000429. The third-order valence-electron chi connectivity index (χ3n) is 5.48. The predicted molar refractivity (Wildman–Crippen MR) is 132 cm³/mol. The minimum atomic E-state index is -5.08. The van der Waals surface area contributed by atoms with E-state index >= 15 is 0 Å². The van der Waals surface area contributed by atoms with Crippen LogP contribution in [-0.2, 0) is 4.79 Å². The fraction of sp³-hybridized carbons (Fsp3) is 0.440. The van der Waals surface area contributed by atoms with E-state index in [9.17, 15) is 13.2 Å². The van der Waals surface area contributed by atoms with Gasteiger partial charge in [0.15, 0.2) is 0 Å². The van der Waals surface area contributed by atoms with Crippen LogP contribution in [0.15, 0.2) is 36.4 Å². The molecule has 2 aromatic carbocycles. The Morgan fingerprint density at radius 2 is 1.83 bits per heavy atom. The number of carboxylic acid groups (broad SMARTS) is 1. The molecule has 0 saturated carbocycles. The van der Waals surface area contributed by atoms with E-state index < -0.39 is 12.1 Å². The second kappa shape index (κ2) is 11.8. The molecule has 0 spiro atoms. The Kier molecular flexibility index (Phi) is 9.02. The van der Waals surface area contributed by atoms with Gasteiger partial charge in [0.1, 0.15) is 5.75 Å². The van der Waals surface area contributed by atoms with Crippen LogP contribution >= 0.6 is 11.6 Å². The molecule has 0 amide bonds. The lowest BCUT2D eigenvalue weighted by Gasteiger charge is -2.17. The smallest absolute Gasteiger partial charge is 0.490 e. The summed E-state index contributed by atoms with van der Waals surface area (Å²) in [4.78, 5) is 16.3. The SMILES string of the molecule is CC(C)Nc1c2ccccc2nc2cc(OCCCN3CCCC3)c(Cl)cc12.O=C(O)C(F)(F)F. The molecule has 10 heteroatoms. The normalized spacial score (nSPS) is 14.3. The molecule has 4 rings (SSSR count). The van der Waals surface area contributed by atoms with Gasteiger partial charge in [0, 0.05) is 29.4 Å². The Bertz CT molecular complexity index is 1170. The number of nitrogens with one attached hydrogen (secondary N) is 1. The molecular formula is C25H29ClF3N3O3. The lowest BCUT2D eigenvalue weighted by Crippen LogP contribution is -2.21. The van der Waals surface area contributed by atoms with Gasteiger partial charge in [-0.15, -0.1) is 0 Å². The molecule has 1 aliphatic rings. The van der Waals surface area contributed by atoms with Crippen molar-refractivity contribution in [2.75, 3.05) is 31.6 Å². The number of ether oxygens (including phenoxy) is 1. The molecule has 190 valence electrons. The fourth-order valence-electron chi connectivity index (χ4n) is 3.92. The second-order valence-corrected chi connectivity index (χ2v) is 9.06. The number of hydrogen-bond donors (Lipinski definition) is 2. The van der Waals surface area contributed by atoms with Crippen molar-refractivity contribution in [2.45, 2.75) is 45.3 Å². The summed E-state index contributed by atoms with van der Waals surface area (Å²) in [7, 11) is 0. The van der Waals surface area contributed by atoms with Gasteiger partial charge in [-0.25, -0.2) is 9.78 Å². The molecule has 0 atom stereocenters. The first-order chi connectivity index (χ1) is 16.6. The van der Waals surface area contributed by atoms with Gasteiger partial charge < -0.3 is 20.1 Å². The number of alkyl halides is 3. The Morgan fingerprint density at radius 1 is 1.17 bits per heavy atom. The zero-order valence-electron chi connectivity index (χ0n) is 19.7. The lowest BCUT2D eigenvalue weighted by atomic mass is 10.1. The minimum absolute atomic E-state index is 0.314. The first kappa shape index (κ1) is 26.8. The Labute approximate surface area is 207 Å². The van der Waals surface area contributed by atoms with E-state index in [1.165, 1.54) is 25.9 Å². The number of benzene rings is 2. The first-order valence-corrected chi connectivity index (χ1v) is 11.9. The average molecular weight is 512 g/mol. The van der Waals surface area contributed by atoms with Crippen LogP contribution in [0.25, 0.3) is 21.8 Å². The van der Waals surface area contributed by atoms with Crippen molar-refractivity contribution in [1.82, 2.24) is 9.88 Å². The van der Waals surface area contributed by atoms with Crippen LogP contribution < -0.4 is 10.1 Å². The summed E-state index contributed by atoms with van der Waals surface area (Å²) in [5.41, 5.74) is 2.96. The maximum Gasteiger partial charge on any atom is 0.490 e. The van der Waals surface area contributed by atoms with Crippen molar-refractivity contribution in [3.8, 4) is 5.75 Å². The lowest BCUT2D eigenvalue weighted by molar-refractivity contribution is -0.192. The summed E-state index contributed by atoms with van der Waals surface area (Å²) in [5, 5.41) is 13.5. The van der Waals surface area contributed by atoms with Gasteiger partial charge in [0.25, 0.3) is 0 Å². The number of nitrogens with zero attached hydrogens (tertiary/aromatic N) is 2. The highest BCUT2D eigenvalue weighted by molar-refractivity contribution is 6.33. The second-order valence-electron chi connectivity index (χ2n) is 8.66. The highest BCUT2D eigenvalue weighted by Gasteiger charge is 2.38. The van der Waals surface area contributed by atoms with E-state index in [2.05, 4.69) is 30.1 Å². The number of likely N-dealkylation sites (tertiary alicyclic amines) is 1. The molecule has 35 heavy (non-hydrogen) atoms. The quantitative estimate of drug-likeness (QED) is 0.284. The number of carboxylic acids is 1. The van der Waals surface area contributed by atoms with Crippen molar-refractivity contribution in [2.24, 2.45) is 0 Å². The molecule has 6 nitrogen and oxygen atoms in total. The molecule has 1 aliphatic heterocycles. The van der Waals surface area contributed by atoms with Gasteiger partial charge in [-0.2, -0.15) is 13.2 Å². The number of pyridine rings is 1. The Hall–Kier alpha value is -2.78. The third kappa shape index (κ3) is 7.35. The molecule has 1 saturated heterocycles. The predicted octanol–water partition coefficient (Wildman–Crippen LogP) is 6.36. The number of hydrogen-bond acceptors (Lipinski definition) is 5. The number of rotatable bonds is 7. The van der Waals surface area contributed by atoms with Crippen LogP contribution in [-0.4, -0.2) is 59.4 Å². The van der Waals surface area contributed by atoms with Crippen molar-refractivity contribution in [3.05, 3.63) is 41.4 Å². The van der Waals surface area contributed by atoms with E-state index in [-0.39, 0.29) is 0 Å². The van der Waals surface area contributed by atoms with Crippen LogP contribution in [0.4, 0.5) is 18.9 Å². The zero-order valence-corrected chi connectivity index (χ0v) is 20.4. The van der Waals surface area contributed by atoms with Gasteiger partial charge in [-0.1, -0.05) is 29.8 Å². The van der Waals surface area contributed by atoms with Gasteiger partial charge in [0.2, 0.25) is 0 Å². The van der Waals surface area contributed by atoms with E-state index in [1.807, 2.05) is 30.3 Å². The highest BCUT2D eigenvalue weighted by atomic mass is 35.5. The largest absolute Gasteiger partial charge is 0.492 e. The van der Waals surface area contributed by atoms with E-state index in [0.717, 1.165) is 40.5 Å². The number of anilines is 1. The van der Waals surface area contributed by atoms with Crippen LogP contribution in [0.5, 0.6) is 5.75 Å². The molecule has 0 bridgehead atoms. The molecule has 0 aliphatic carbocycles. The average Bonchev–Trinajstić information content (AvgIpc) is 3.30. The van der Waals surface area contributed by atoms with Crippen LogP contribution in [0, 0.1) is 0 Å². The summed E-state index contributed by atoms with van der Waals surface area (Å²) in [6, 6.07) is 12.5. The van der Waals surface area contributed by atoms with Gasteiger partial charge in [-0.05, 0) is 58.3 Å². The summed E-state index contributed by atoms with van der Waals surface area (Å²) >= 11 is 6.58. The Morgan fingerprint density at radius 3 is 2.46 bits per heavy atom. The molecule has 1 aromatic heterocycles. The molecular weight excluding hydrogens is 483 g/mol. The van der Waals surface area contributed by atoms with E-state index in [0.29, 0.717) is 23.4 Å². The van der Waals surface area contributed by atoms with Crippen molar-refractivity contribution in [3.63, 3.8) is 0 Å². The van der Waals surface area contributed by atoms with Crippen molar-refractivity contribution in [1.29, 1.82) is 0 Å². The highest BCUT2D eigenvalue weighted by Crippen LogP contribution is 2.37. The molecule has 0 unspecified atom stereocenters. The number of fused-ring (bicyclic) bond motifs is 2. The summed E-state index contributed by atoms with van der Waals surface area (Å²) in [5.74, 6) is -2.04. The summed E-state index contributed by atoms with van der Waals surface area (Å²) < 4.78 is 37.8. The standard InChI is InChI=1S/C23H28ClN3O.C2HF3O2/c1-16(2)25-23-17-8-3-4-9-20(17)26-21-15-22(19(24)14-18(21)23)28-13-7-12-27-10-5-6-11-27;3-2(4,5)1(6)7/h3-4,8-9,14-16H,5-7,10-13H2,1-2H3,(H,25,26);(H,6,7). The van der Waals surface area contributed by atoms with E-state index in [1.54, 1.807) is 0 Å². The molecule has 1 fully saturated rings. The maximum atomic E-state index is 10.6. The van der Waals surface area contributed by atoms with Crippen LogP contribution in [0.3, 0.4) is 0 Å². The van der Waals surface area contributed by atoms with Gasteiger partial charge >= 0.3 is 12.1 Å². The van der Waals surface area contributed by atoms with Gasteiger partial charge in [0.05, 0.1) is 28.4 Å². The molecule has 3 aromatic rings. The van der Waals surface area contributed by atoms with Gasteiger partial charge in [-0.3, -0.25) is 0 Å². The minimum Gasteiger partial charge on any atom is -0.492 e. The number of aromatic nitrogens is 1. The van der Waals surface area contributed by atoms with E-state index in [4.69, 9.17) is 31.2 Å². The van der Waals surface area contributed by atoms with Crippen molar-refractivity contribution < 1.29 is 27.8 Å². The number of aliphatic carboxylic acids is 1. The third-order valence-corrected chi connectivity index (χ3v) is 5.78. The van der Waals surface area contributed by atoms with Crippen LogP contribution in [0.2, 0.25) is 5.02 Å². The topological polar surface area (TPSA) is 74.7 Å². The maximum absolute atomic E-state index is 10.6. The molecule has 0 radical (unpaired) electrons. The van der Waals surface area contributed by atoms with Crippen LogP contribution in [0.1, 0.15) is 33.1 Å². The summed E-state index contributed by atoms with van der Waals surface area (Å²) in [6.45, 7) is 8.49. The zero-order chi connectivity index (χ0) is 25.6. The number of carbonyl (C=O) groups is 1. The number of para-hydroxylation sites is 1. The molecule has 2 N–H and O–H groups in total. The summed E-state index contributed by atoms with van der Waals surface area (Å²) in [6.07, 6.45) is -1.42. The molecule has 2 heterocycles.